The highest BCUT2D eigenvalue weighted by molar-refractivity contribution is 6.28. The van der Waals surface area contributed by atoms with Crippen LogP contribution < -0.4 is 4.74 Å². The summed E-state index contributed by atoms with van der Waals surface area (Å²) in [4.78, 5) is -0.783. The molecule has 0 atom stereocenters. The van der Waals surface area contributed by atoms with Crippen LogP contribution in [-0.4, -0.2) is 7.11 Å². The van der Waals surface area contributed by atoms with Crippen LogP contribution in [0.15, 0.2) is 84.9 Å². The zero-order valence-electron chi connectivity index (χ0n) is 12.4. The maximum absolute atomic E-state index is 7.22. The number of ether oxygens (including phenoxy) is 1. The molecule has 0 amide bonds. The highest BCUT2D eigenvalue weighted by atomic mass is 35.5. The minimum Gasteiger partial charge on any atom is -0.496 e. The number of halogens is 1. The van der Waals surface area contributed by atoms with Gasteiger partial charge in [-0.2, -0.15) is 0 Å². The van der Waals surface area contributed by atoms with Gasteiger partial charge in [-0.3, -0.25) is 0 Å². The molecule has 22 heavy (non-hydrogen) atoms. The van der Waals surface area contributed by atoms with Gasteiger partial charge in [-0.25, -0.2) is 0 Å². The topological polar surface area (TPSA) is 9.23 Å². The van der Waals surface area contributed by atoms with Crippen LogP contribution in [0.5, 0.6) is 5.75 Å². The van der Waals surface area contributed by atoms with Gasteiger partial charge in [-0.05, 0) is 17.2 Å². The minimum absolute atomic E-state index is 0.783. The van der Waals surface area contributed by atoms with E-state index >= 15 is 0 Å². The largest absolute Gasteiger partial charge is 0.496 e. The lowest BCUT2D eigenvalue weighted by molar-refractivity contribution is 0.407. The highest BCUT2D eigenvalue weighted by Gasteiger charge is 2.36. The molecule has 0 aromatic heterocycles. The van der Waals surface area contributed by atoms with Crippen molar-refractivity contribution < 1.29 is 4.74 Å². The van der Waals surface area contributed by atoms with E-state index in [1.807, 2.05) is 84.9 Å². The Labute approximate surface area is 136 Å². The van der Waals surface area contributed by atoms with E-state index in [0.29, 0.717) is 0 Å². The van der Waals surface area contributed by atoms with E-state index in [0.717, 1.165) is 22.4 Å². The number of para-hydroxylation sites is 1. The number of hydrogen-bond acceptors (Lipinski definition) is 1. The van der Waals surface area contributed by atoms with Crippen molar-refractivity contribution in [2.75, 3.05) is 7.11 Å². The van der Waals surface area contributed by atoms with Crippen LogP contribution in [0.3, 0.4) is 0 Å². The summed E-state index contributed by atoms with van der Waals surface area (Å²) in [6.45, 7) is 0. The standard InChI is InChI=1S/C20H17ClO/c1-22-19-15-9-8-14-18(19)20(21,16-10-4-2-5-11-16)17-12-6-3-7-13-17/h2-15H,1H3. The molecule has 0 heterocycles. The van der Waals surface area contributed by atoms with Crippen LogP contribution in [0, 0.1) is 0 Å². The molecular formula is C20H17ClO. The average molecular weight is 309 g/mol. The van der Waals surface area contributed by atoms with E-state index in [-0.39, 0.29) is 0 Å². The average Bonchev–Trinajstić information content (AvgIpc) is 2.62. The molecule has 0 spiro atoms. The molecule has 1 nitrogen and oxygen atoms in total. The molecule has 0 fully saturated rings. The van der Waals surface area contributed by atoms with Gasteiger partial charge < -0.3 is 4.74 Å². The Balaban J connectivity index is 2.29. The van der Waals surface area contributed by atoms with E-state index in [1.165, 1.54) is 0 Å². The van der Waals surface area contributed by atoms with Gasteiger partial charge in [-0.15, -0.1) is 11.6 Å². The van der Waals surface area contributed by atoms with E-state index in [1.54, 1.807) is 7.11 Å². The van der Waals surface area contributed by atoms with Crippen LogP contribution in [0.4, 0.5) is 0 Å². The van der Waals surface area contributed by atoms with Crippen LogP contribution in [0.1, 0.15) is 16.7 Å². The zero-order valence-corrected chi connectivity index (χ0v) is 13.1. The van der Waals surface area contributed by atoms with Crippen LogP contribution >= 0.6 is 11.6 Å². The van der Waals surface area contributed by atoms with Gasteiger partial charge in [0, 0.05) is 5.56 Å². The van der Waals surface area contributed by atoms with Crippen molar-refractivity contribution in [1.82, 2.24) is 0 Å². The number of methoxy groups -OCH3 is 1. The lowest BCUT2D eigenvalue weighted by Crippen LogP contribution is -2.23. The number of hydrogen-bond donors (Lipinski definition) is 0. The SMILES string of the molecule is COc1ccccc1C(Cl)(c1ccccc1)c1ccccc1. The molecule has 0 aliphatic rings. The van der Waals surface area contributed by atoms with Crippen LogP contribution in [0.25, 0.3) is 0 Å². The zero-order chi connectivity index (χ0) is 15.4. The Kier molecular flexibility index (Phi) is 4.17. The molecule has 3 aromatic rings. The van der Waals surface area contributed by atoms with Gasteiger partial charge in [0.2, 0.25) is 0 Å². The second kappa shape index (κ2) is 6.25. The second-order valence-electron chi connectivity index (χ2n) is 5.09. The molecular weight excluding hydrogens is 292 g/mol. The molecule has 2 heteroatoms. The predicted octanol–water partition coefficient (Wildman–Crippen LogP) is 5.23. The number of rotatable bonds is 4. The molecule has 0 unspecified atom stereocenters. The summed E-state index contributed by atoms with van der Waals surface area (Å²) in [5, 5.41) is 0. The number of alkyl halides is 1. The van der Waals surface area contributed by atoms with Gasteiger partial charge in [0.1, 0.15) is 10.6 Å². The van der Waals surface area contributed by atoms with E-state index < -0.39 is 4.87 Å². The molecule has 0 saturated carbocycles. The fraction of sp³-hybridized carbons (Fsp3) is 0.100. The summed E-state index contributed by atoms with van der Waals surface area (Å²) in [7, 11) is 1.67. The van der Waals surface area contributed by atoms with Crippen LogP contribution in [0.2, 0.25) is 0 Å². The smallest absolute Gasteiger partial charge is 0.124 e. The third kappa shape index (κ3) is 2.49. The summed E-state index contributed by atoms with van der Waals surface area (Å²) in [6.07, 6.45) is 0. The van der Waals surface area contributed by atoms with Gasteiger partial charge in [0.25, 0.3) is 0 Å². The quantitative estimate of drug-likeness (QED) is 0.474. The summed E-state index contributed by atoms with van der Waals surface area (Å²) < 4.78 is 5.55. The number of benzene rings is 3. The Morgan fingerprint density at radius 2 is 1.14 bits per heavy atom. The normalized spacial score (nSPS) is 11.2. The Morgan fingerprint density at radius 3 is 1.64 bits per heavy atom. The molecule has 3 aromatic carbocycles. The predicted molar refractivity (Wildman–Crippen MR) is 91.6 cm³/mol. The van der Waals surface area contributed by atoms with Gasteiger partial charge >= 0.3 is 0 Å². The molecule has 0 radical (unpaired) electrons. The first-order valence-corrected chi connectivity index (χ1v) is 7.58. The van der Waals surface area contributed by atoms with E-state index in [2.05, 4.69) is 0 Å². The maximum Gasteiger partial charge on any atom is 0.124 e. The lowest BCUT2D eigenvalue weighted by Gasteiger charge is -2.30. The molecule has 0 bridgehead atoms. The summed E-state index contributed by atoms with van der Waals surface area (Å²) >= 11 is 7.22. The molecule has 3 rings (SSSR count). The third-order valence-electron chi connectivity index (χ3n) is 3.82. The van der Waals surface area contributed by atoms with E-state index in [4.69, 9.17) is 16.3 Å². The molecule has 110 valence electrons. The van der Waals surface area contributed by atoms with E-state index in [9.17, 15) is 0 Å². The lowest BCUT2D eigenvalue weighted by atomic mass is 9.83. The summed E-state index contributed by atoms with van der Waals surface area (Å²) in [5.41, 5.74) is 2.98. The van der Waals surface area contributed by atoms with Crippen molar-refractivity contribution >= 4 is 11.6 Å². The first kappa shape index (κ1) is 14.7. The molecule has 0 aliphatic carbocycles. The molecule has 0 N–H and O–H groups in total. The van der Waals surface area contributed by atoms with Crippen molar-refractivity contribution in [3.8, 4) is 5.75 Å². The monoisotopic (exact) mass is 308 g/mol. The summed E-state index contributed by atoms with van der Waals surface area (Å²) in [5.74, 6) is 0.783. The first-order valence-electron chi connectivity index (χ1n) is 7.20. The van der Waals surface area contributed by atoms with Gasteiger partial charge in [0.15, 0.2) is 0 Å². The fourth-order valence-corrected chi connectivity index (χ4v) is 3.15. The first-order chi connectivity index (χ1) is 10.8. The molecule has 0 saturated heterocycles. The third-order valence-corrected chi connectivity index (χ3v) is 4.46. The van der Waals surface area contributed by atoms with Gasteiger partial charge in [-0.1, -0.05) is 78.9 Å². The van der Waals surface area contributed by atoms with Crippen molar-refractivity contribution in [3.05, 3.63) is 102 Å². The van der Waals surface area contributed by atoms with Gasteiger partial charge in [0.05, 0.1) is 7.11 Å². The Morgan fingerprint density at radius 1 is 0.682 bits per heavy atom. The van der Waals surface area contributed by atoms with Crippen molar-refractivity contribution in [2.24, 2.45) is 0 Å². The Hall–Kier alpha value is -2.25. The van der Waals surface area contributed by atoms with Crippen molar-refractivity contribution in [1.29, 1.82) is 0 Å². The van der Waals surface area contributed by atoms with Crippen LogP contribution in [-0.2, 0) is 4.87 Å². The van der Waals surface area contributed by atoms with Crippen molar-refractivity contribution in [3.63, 3.8) is 0 Å². The second-order valence-corrected chi connectivity index (χ2v) is 5.66. The minimum atomic E-state index is -0.783. The fourth-order valence-electron chi connectivity index (χ4n) is 2.74. The highest BCUT2D eigenvalue weighted by Crippen LogP contribution is 2.46. The maximum atomic E-state index is 7.22. The molecule has 0 aliphatic heterocycles. The Bertz CT molecular complexity index is 698. The van der Waals surface area contributed by atoms with Crippen molar-refractivity contribution in [2.45, 2.75) is 4.87 Å². The summed E-state index contributed by atoms with van der Waals surface area (Å²) in [6, 6.07) is 28.1.